The third-order valence-electron chi connectivity index (χ3n) is 7.82. The zero-order valence-corrected chi connectivity index (χ0v) is 21.9. The fourth-order valence-electron chi connectivity index (χ4n) is 5.51. The summed E-state index contributed by atoms with van der Waals surface area (Å²) in [5.74, 6) is -0.985. The number of aliphatic hydroxyl groups is 3. The van der Waals surface area contributed by atoms with Crippen LogP contribution in [0.3, 0.4) is 0 Å². The molecule has 0 radical (unpaired) electrons. The normalized spacial score (nSPS) is 29.2. The second-order valence-corrected chi connectivity index (χ2v) is 11.0. The smallest absolute Gasteiger partial charge is 0.306 e. The number of hydrogen-bond acceptors (Lipinski definition) is 7. The Hall–Kier alpha value is -1.10. The number of carbonyl (C=O) groups is 1. The number of aliphatic carboxylic acids is 1. The monoisotopic (exact) mass is 499 g/mol. The van der Waals surface area contributed by atoms with E-state index >= 15 is 0 Å². The molecule has 0 aromatic carbocycles. The van der Waals surface area contributed by atoms with E-state index < -0.39 is 11.6 Å². The molecule has 7 N–H and O–H groups in total. The first-order valence-electron chi connectivity index (χ1n) is 13.8. The molecule has 2 aliphatic heterocycles. The van der Waals surface area contributed by atoms with Crippen molar-refractivity contribution in [2.75, 3.05) is 26.4 Å². The zero-order valence-electron chi connectivity index (χ0n) is 21.9. The van der Waals surface area contributed by atoms with Crippen molar-refractivity contribution in [1.29, 1.82) is 0 Å². The second-order valence-electron chi connectivity index (χ2n) is 11.0. The SMILES string of the molecule is C[C@H](CCO)NC[C@@](O)(CCCCCCCCC[C@H]1N[C@@H](C)[C@H](O)C[C@@H]1[NH+]1CC=NC1)CC(=O)O. The van der Waals surface area contributed by atoms with Gasteiger partial charge in [-0.2, -0.15) is 0 Å². The van der Waals surface area contributed by atoms with Crippen LogP contribution >= 0.6 is 0 Å². The highest BCUT2D eigenvalue weighted by Crippen LogP contribution is 2.21. The van der Waals surface area contributed by atoms with Gasteiger partial charge in [-0.25, -0.2) is 4.99 Å². The van der Waals surface area contributed by atoms with Crippen molar-refractivity contribution in [2.24, 2.45) is 4.99 Å². The first-order chi connectivity index (χ1) is 16.7. The van der Waals surface area contributed by atoms with Crippen molar-refractivity contribution in [3.63, 3.8) is 0 Å². The Balaban J connectivity index is 1.59. The average molecular weight is 500 g/mol. The van der Waals surface area contributed by atoms with Gasteiger partial charge in [-0.3, -0.25) is 4.79 Å². The fraction of sp³-hybridized carbons (Fsp3) is 0.923. The van der Waals surface area contributed by atoms with Gasteiger partial charge in [-0.1, -0.05) is 44.9 Å². The molecule has 9 heteroatoms. The van der Waals surface area contributed by atoms with Crippen LogP contribution in [0.15, 0.2) is 4.99 Å². The lowest BCUT2D eigenvalue weighted by Crippen LogP contribution is -3.16. The van der Waals surface area contributed by atoms with Crippen LogP contribution in [0, 0.1) is 0 Å². The van der Waals surface area contributed by atoms with E-state index in [4.69, 9.17) is 5.11 Å². The molecule has 1 unspecified atom stereocenters. The topological polar surface area (TPSA) is 139 Å². The highest BCUT2D eigenvalue weighted by molar-refractivity contribution is 5.68. The van der Waals surface area contributed by atoms with Crippen LogP contribution in [0.1, 0.15) is 90.9 Å². The van der Waals surface area contributed by atoms with Gasteiger partial charge in [0, 0.05) is 31.7 Å². The van der Waals surface area contributed by atoms with Gasteiger partial charge >= 0.3 is 5.97 Å². The first kappa shape index (κ1) is 30.1. The van der Waals surface area contributed by atoms with Gasteiger partial charge in [0.2, 0.25) is 0 Å². The van der Waals surface area contributed by atoms with E-state index in [9.17, 15) is 20.1 Å². The third-order valence-corrected chi connectivity index (χ3v) is 7.82. The second kappa shape index (κ2) is 15.9. The van der Waals surface area contributed by atoms with E-state index in [-0.39, 0.29) is 37.8 Å². The van der Waals surface area contributed by atoms with Crippen molar-refractivity contribution >= 4 is 12.2 Å². The number of piperidine rings is 1. The van der Waals surface area contributed by atoms with Crippen molar-refractivity contribution in [3.8, 4) is 0 Å². The maximum Gasteiger partial charge on any atom is 0.306 e. The summed E-state index contributed by atoms with van der Waals surface area (Å²) in [6.45, 7) is 6.09. The molecule has 0 saturated carbocycles. The Kier molecular flexibility index (Phi) is 13.7. The van der Waals surface area contributed by atoms with Gasteiger partial charge in [0.25, 0.3) is 0 Å². The molecule has 9 nitrogen and oxygen atoms in total. The molecule has 0 aromatic heterocycles. The molecule has 0 bridgehead atoms. The van der Waals surface area contributed by atoms with E-state index in [1.165, 1.54) is 24.2 Å². The van der Waals surface area contributed by atoms with Gasteiger partial charge in [0.15, 0.2) is 6.67 Å². The van der Waals surface area contributed by atoms with Crippen molar-refractivity contribution in [3.05, 3.63) is 0 Å². The summed E-state index contributed by atoms with van der Waals surface area (Å²) in [4.78, 5) is 17.1. The number of carboxylic acids is 1. The largest absolute Gasteiger partial charge is 0.481 e. The summed E-state index contributed by atoms with van der Waals surface area (Å²) < 4.78 is 0. The predicted molar refractivity (Wildman–Crippen MR) is 138 cm³/mol. The molecule has 2 aliphatic rings. The van der Waals surface area contributed by atoms with Crippen LogP contribution in [0.4, 0.5) is 0 Å². The standard InChI is InChI=1S/C26H50N4O5/c1-20(11-15-31)28-18-26(35,17-25(33)34)12-9-7-5-3-4-6-8-10-22-23(30-14-13-27-19-30)16-24(32)21(2)29-22/h13,20-24,28-29,31-32,35H,3-12,14-19H2,1-2H3,(H,33,34)/p+1/t20-,21+,22-,23+,24-,26-/m1/s1. The molecule has 0 aliphatic carbocycles. The number of quaternary nitrogens is 1. The third kappa shape index (κ3) is 11.2. The van der Waals surface area contributed by atoms with E-state index in [1.807, 2.05) is 13.1 Å². The summed E-state index contributed by atoms with van der Waals surface area (Å²) in [6.07, 6.45) is 12.1. The molecular formula is C26H51N4O5+. The highest BCUT2D eigenvalue weighted by atomic mass is 16.4. The highest BCUT2D eigenvalue weighted by Gasteiger charge is 2.39. The lowest BCUT2D eigenvalue weighted by Gasteiger charge is -2.41. The summed E-state index contributed by atoms with van der Waals surface area (Å²) in [5.41, 5.74) is -1.24. The molecule has 1 fully saturated rings. The van der Waals surface area contributed by atoms with Crippen molar-refractivity contribution in [1.82, 2.24) is 10.6 Å². The van der Waals surface area contributed by atoms with Crippen molar-refractivity contribution < 1.29 is 30.1 Å². The quantitative estimate of drug-likeness (QED) is 0.136. The number of nitrogens with zero attached hydrogens (tertiary/aromatic N) is 1. The Morgan fingerprint density at radius 3 is 2.54 bits per heavy atom. The molecular weight excluding hydrogens is 448 g/mol. The Morgan fingerprint density at radius 2 is 1.91 bits per heavy atom. The van der Waals surface area contributed by atoms with Crippen LogP contribution in [-0.2, 0) is 4.79 Å². The molecule has 204 valence electrons. The minimum atomic E-state index is -1.24. The number of aliphatic imine (C=N–C) groups is 1. The summed E-state index contributed by atoms with van der Waals surface area (Å²) in [7, 11) is 0. The molecule has 35 heavy (non-hydrogen) atoms. The van der Waals surface area contributed by atoms with E-state index in [2.05, 4.69) is 22.5 Å². The molecule has 0 amide bonds. The predicted octanol–water partition coefficient (Wildman–Crippen LogP) is 0.470. The summed E-state index contributed by atoms with van der Waals surface area (Å²) in [5, 5.41) is 46.1. The Bertz CT molecular complexity index is 629. The Labute approximate surface area is 211 Å². The maximum atomic E-state index is 11.2. The van der Waals surface area contributed by atoms with Crippen LogP contribution < -0.4 is 15.5 Å². The van der Waals surface area contributed by atoms with Crippen LogP contribution in [0.2, 0.25) is 0 Å². The van der Waals surface area contributed by atoms with E-state index in [1.54, 1.807) is 0 Å². The van der Waals surface area contributed by atoms with Gasteiger partial charge in [-0.05, 0) is 33.1 Å². The van der Waals surface area contributed by atoms with Gasteiger partial charge in [0.1, 0.15) is 12.6 Å². The molecule has 1 saturated heterocycles. The van der Waals surface area contributed by atoms with Crippen LogP contribution in [-0.4, -0.2) is 94.8 Å². The minimum absolute atomic E-state index is 0.0396. The van der Waals surface area contributed by atoms with Crippen molar-refractivity contribution in [2.45, 2.75) is 127 Å². The zero-order chi connectivity index (χ0) is 25.7. The lowest BCUT2D eigenvalue weighted by molar-refractivity contribution is -0.914. The maximum absolute atomic E-state index is 11.2. The van der Waals surface area contributed by atoms with Gasteiger partial charge in [-0.15, -0.1) is 0 Å². The number of rotatable bonds is 18. The van der Waals surface area contributed by atoms with Crippen LogP contribution in [0.25, 0.3) is 0 Å². The Morgan fingerprint density at radius 1 is 1.23 bits per heavy atom. The number of aliphatic hydroxyl groups excluding tert-OH is 2. The molecule has 2 rings (SSSR count). The number of unbranched alkanes of at least 4 members (excludes halogenated alkanes) is 6. The number of nitrogens with one attached hydrogen (secondary N) is 3. The molecule has 0 aromatic rings. The van der Waals surface area contributed by atoms with Crippen LogP contribution in [0.5, 0.6) is 0 Å². The van der Waals surface area contributed by atoms with Gasteiger partial charge < -0.3 is 36.0 Å². The fourth-order valence-corrected chi connectivity index (χ4v) is 5.51. The number of carboxylic acid groups (broad SMARTS) is 1. The molecule has 2 heterocycles. The average Bonchev–Trinajstić information content (AvgIpc) is 3.33. The van der Waals surface area contributed by atoms with Gasteiger partial charge in [0.05, 0.1) is 30.4 Å². The summed E-state index contributed by atoms with van der Waals surface area (Å²) in [6, 6.07) is 1.05. The van der Waals surface area contributed by atoms with E-state index in [0.29, 0.717) is 24.9 Å². The molecule has 7 atom stereocenters. The number of hydrogen-bond donors (Lipinski definition) is 7. The van der Waals surface area contributed by atoms with E-state index in [0.717, 1.165) is 51.7 Å². The minimum Gasteiger partial charge on any atom is -0.481 e. The first-order valence-corrected chi connectivity index (χ1v) is 13.8. The molecule has 0 spiro atoms. The summed E-state index contributed by atoms with van der Waals surface area (Å²) >= 11 is 0. The lowest BCUT2D eigenvalue weighted by atomic mass is 9.87.